The van der Waals surface area contributed by atoms with Gasteiger partial charge in [0.15, 0.2) is 0 Å². The Hall–Kier alpha value is -0.0300. The summed E-state index contributed by atoms with van der Waals surface area (Å²) in [4.78, 5) is 13.6. The van der Waals surface area contributed by atoms with Gasteiger partial charge in [-0.2, -0.15) is 0 Å². The number of ether oxygens (including phenoxy) is 1. The molecule has 0 radical (unpaired) electrons. The highest BCUT2D eigenvalue weighted by molar-refractivity contribution is 5.85. The van der Waals surface area contributed by atoms with Gasteiger partial charge in [0.25, 0.3) is 0 Å². The van der Waals surface area contributed by atoms with Crippen LogP contribution in [0.5, 0.6) is 0 Å². The highest BCUT2D eigenvalue weighted by Crippen LogP contribution is 2.20. The standard InChI is InChI=1S/C14H27NO3.2ClH/c1-3-4-6-12(14(16)17)8-10-15-9-5-7-13(15)11-18-2;;/h12-13H,3-11H2,1-2H3,(H,16,17);2*1H/t12?,13-;;/m1../s1. The summed E-state index contributed by atoms with van der Waals surface area (Å²) in [7, 11) is 1.73. The molecule has 0 spiro atoms. The summed E-state index contributed by atoms with van der Waals surface area (Å²) in [5.41, 5.74) is 0. The number of likely N-dealkylation sites (tertiary alicyclic amines) is 1. The highest BCUT2D eigenvalue weighted by atomic mass is 35.5. The van der Waals surface area contributed by atoms with Gasteiger partial charge in [-0.05, 0) is 38.8 Å². The molecule has 2 atom stereocenters. The predicted molar refractivity (Wildman–Crippen MR) is 86.2 cm³/mol. The Morgan fingerprint density at radius 1 is 1.40 bits per heavy atom. The van der Waals surface area contributed by atoms with Gasteiger partial charge in [0, 0.05) is 13.2 Å². The number of hydrogen-bond acceptors (Lipinski definition) is 3. The van der Waals surface area contributed by atoms with Crippen molar-refractivity contribution in [3.8, 4) is 0 Å². The number of unbranched alkanes of at least 4 members (excludes halogenated alkanes) is 1. The number of hydrogen-bond donors (Lipinski definition) is 1. The number of nitrogens with zero attached hydrogens (tertiary/aromatic N) is 1. The minimum atomic E-state index is -0.633. The number of aliphatic carboxylic acids is 1. The smallest absolute Gasteiger partial charge is 0.306 e. The van der Waals surface area contributed by atoms with E-state index < -0.39 is 5.97 Å². The van der Waals surface area contributed by atoms with Crippen LogP contribution >= 0.6 is 24.8 Å². The summed E-state index contributed by atoms with van der Waals surface area (Å²) in [6, 6.07) is 0.496. The zero-order valence-electron chi connectivity index (χ0n) is 12.5. The lowest BCUT2D eigenvalue weighted by Crippen LogP contribution is -2.35. The molecule has 4 nitrogen and oxygen atoms in total. The molecule has 0 amide bonds. The van der Waals surface area contributed by atoms with E-state index in [0.29, 0.717) is 6.04 Å². The first kappa shape index (κ1) is 22.3. The zero-order chi connectivity index (χ0) is 13.4. The predicted octanol–water partition coefficient (Wildman–Crippen LogP) is 3.22. The Balaban J connectivity index is 0. The molecular weight excluding hydrogens is 301 g/mol. The van der Waals surface area contributed by atoms with Gasteiger partial charge in [0.1, 0.15) is 0 Å². The van der Waals surface area contributed by atoms with Crippen LogP contribution in [0.25, 0.3) is 0 Å². The summed E-state index contributed by atoms with van der Waals surface area (Å²) in [5, 5.41) is 9.20. The average Bonchev–Trinajstić information content (AvgIpc) is 2.77. The van der Waals surface area contributed by atoms with Gasteiger partial charge in [0.2, 0.25) is 0 Å². The summed E-state index contributed by atoms with van der Waals surface area (Å²) >= 11 is 0. The van der Waals surface area contributed by atoms with E-state index in [4.69, 9.17) is 4.74 Å². The number of carbonyl (C=O) groups is 1. The van der Waals surface area contributed by atoms with Crippen LogP contribution < -0.4 is 0 Å². The molecule has 0 aliphatic carbocycles. The van der Waals surface area contributed by atoms with Crippen LogP contribution in [-0.4, -0.2) is 48.8 Å². The molecule has 0 aromatic carbocycles. The molecular formula is C14H29Cl2NO3. The molecule has 1 rings (SSSR count). The quantitative estimate of drug-likeness (QED) is 0.705. The van der Waals surface area contributed by atoms with Crippen LogP contribution in [0, 0.1) is 5.92 Å². The fourth-order valence-electron chi connectivity index (χ4n) is 2.73. The van der Waals surface area contributed by atoms with E-state index in [1.54, 1.807) is 7.11 Å². The topological polar surface area (TPSA) is 49.8 Å². The monoisotopic (exact) mass is 329 g/mol. The van der Waals surface area contributed by atoms with Gasteiger partial charge >= 0.3 is 5.97 Å². The molecule has 1 unspecified atom stereocenters. The third-order valence-corrected chi connectivity index (χ3v) is 3.88. The summed E-state index contributed by atoms with van der Waals surface area (Å²) in [6.45, 7) is 4.86. The van der Waals surface area contributed by atoms with Crippen LogP contribution in [0.1, 0.15) is 45.4 Å². The maximum atomic E-state index is 11.2. The SMILES string of the molecule is CCCCC(CCN1CCC[C@@H]1COC)C(=O)O.Cl.Cl. The van der Waals surface area contributed by atoms with Crippen LogP contribution in [0.3, 0.4) is 0 Å². The van der Waals surface area contributed by atoms with Crippen LogP contribution in [0.2, 0.25) is 0 Å². The second-order valence-corrected chi connectivity index (χ2v) is 5.25. The van der Waals surface area contributed by atoms with Crippen molar-refractivity contribution < 1.29 is 14.6 Å². The second-order valence-electron chi connectivity index (χ2n) is 5.25. The van der Waals surface area contributed by atoms with E-state index >= 15 is 0 Å². The second kappa shape index (κ2) is 12.7. The molecule has 1 saturated heterocycles. The van der Waals surface area contributed by atoms with Crippen molar-refractivity contribution in [2.45, 2.75) is 51.5 Å². The number of rotatable bonds is 9. The first-order valence-corrected chi connectivity index (χ1v) is 7.14. The minimum Gasteiger partial charge on any atom is -0.481 e. The largest absolute Gasteiger partial charge is 0.481 e. The van der Waals surface area contributed by atoms with Gasteiger partial charge < -0.3 is 9.84 Å². The molecule has 0 saturated carbocycles. The highest BCUT2D eigenvalue weighted by Gasteiger charge is 2.26. The van der Waals surface area contributed by atoms with Gasteiger partial charge in [0.05, 0.1) is 12.5 Å². The third kappa shape index (κ3) is 7.67. The number of carboxylic acids is 1. The molecule has 0 bridgehead atoms. The number of halogens is 2. The van der Waals surface area contributed by atoms with E-state index in [2.05, 4.69) is 11.8 Å². The van der Waals surface area contributed by atoms with Gasteiger partial charge in [-0.15, -0.1) is 24.8 Å². The molecule has 0 aromatic rings. The lowest BCUT2D eigenvalue weighted by atomic mass is 9.98. The first-order valence-electron chi connectivity index (χ1n) is 7.14. The molecule has 1 N–H and O–H groups in total. The maximum absolute atomic E-state index is 11.2. The molecule has 1 aliphatic heterocycles. The Bertz CT molecular complexity index is 255. The van der Waals surface area contributed by atoms with E-state index in [1.807, 2.05) is 0 Å². The van der Waals surface area contributed by atoms with Crippen molar-refractivity contribution in [2.24, 2.45) is 5.92 Å². The normalized spacial score (nSPS) is 20.0. The maximum Gasteiger partial charge on any atom is 0.306 e. The summed E-state index contributed by atoms with van der Waals surface area (Å²) in [6.07, 6.45) is 6.06. The van der Waals surface area contributed by atoms with E-state index in [1.165, 1.54) is 12.8 Å². The van der Waals surface area contributed by atoms with Crippen LogP contribution in [0.4, 0.5) is 0 Å². The lowest BCUT2D eigenvalue weighted by Gasteiger charge is -2.25. The Morgan fingerprint density at radius 2 is 2.10 bits per heavy atom. The molecule has 6 heteroatoms. The van der Waals surface area contributed by atoms with Crippen molar-refractivity contribution in [1.82, 2.24) is 4.90 Å². The molecule has 20 heavy (non-hydrogen) atoms. The number of methoxy groups -OCH3 is 1. The Morgan fingerprint density at radius 3 is 2.65 bits per heavy atom. The fraction of sp³-hybridized carbons (Fsp3) is 0.929. The first-order chi connectivity index (χ1) is 8.69. The van der Waals surface area contributed by atoms with E-state index in [0.717, 1.165) is 45.4 Å². The molecule has 122 valence electrons. The van der Waals surface area contributed by atoms with Gasteiger partial charge in [-0.3, -0.25) is 9.69 Å². The Kier molecular flexibility index (Phi) is 14.1. The molecule has 1 aliphatic rings. The van der Waals surface area contributed by atoms with Crippen LogP contribution in [-0.2, 0) is 9.53 Å². The summed E-state index contributed by atoms with van der Waals surface area (Å²) in [5.74, 6) is -0.806. The van der Waals surface area contributed by atoms with E-state index in [9.17, 15) is 9.90 Å². The van der Waals surface area contributed by atoms with Gasteiger partial charge in [-0.25, -0.2) is 0 Å². The third-order valence-electron chi connectivity index (χ3n) is 3.88. The van der Waals surface area contributed by atoms with Crippen molar-refractivity contribution in [3.63, 3.8) is 0 Å². The summed E-state index contributed by atoms with van der Waals surface area (Å²) < 4.78 is 5.22. The lowest BCUT2D eigenvalue weighted by molar-refractivity contribution is -0.142. The zero-order valence-corrected chi connectivity index (χ0v) is 14.2. The van der Waals surface area contributed by atoms with Crippen molar-refractivity contribution in [2.75, 3.05) is 26.8 Å². The van der Waals surface area contributed by atoms with Crippen LogP contribution in [0.15, 0.2) is 0 Å². The molecule has 1 heterocycles. The van der Waals surface area contributed by atoms with Crippen molar-refractivity contribution in [3.05, 3.63) is 0 Å². The van der Waals surface area contributed by atoms with E-state index in [-0.39, 0.29) is 30.7 Å². The average molecular weight is 330 g/mol. The number of carboxylic acid groups (broad SMARTS) is 1. The van der Waals surface area contributed by atoms with Crippen molar-refractivity contribution in [1.29, 1.82) is 0 Å². The molecule has 0 aromatic heterocycles. The Labute approximate surface area is 135 Å². The minimum absolute atomic E-state index is 0. The van der Waals surface area contributed by atoms with Crippen molar-refractivity contribution >= 4 is 30.8 Å². The fourth-order valence-corrected chi connectivity index (χ4v) is 2.73. The molecule has 1 fully saturated rings. The van der Waals surface area contributed by atoms with Gasteiger partial charge in [-0.1, -0.05) is 19.8 Å².